The van der Waals surface area contributed by atoms with Crippen molar-refractivity contribution in [2.75, 3.05) is 24.6 Å². The number of carbonyl (C=O) groups is 1. The van der Waals surface area contributed by atoms with Crippen molar-refractivity contribution in [1.29, 1.82) is 5.26 Å². The first kappa shape index (κ1) is 20.0. The zero-order valence-electron chi connectivity index (χ0n) is 15.7. The molecule has 2 heterocycles. The summed E-state index contributed by atoms with van der Waals surface area (Å²) in [6, 6.07) is 10.9. The summed E-state index contributed by atoms with van der Waals surface area (Å²) in [6.07, 6.45) is 2.58. The van der Waals surface area contributed by atoms with E-state index in [1.807, 2.05) is 6.07 Å². The van der Waals surface area contributed by atoms with Gasteiger partial charge in [0.2, 0.25) is 0 Å². The predicted octanol–water partition coefficient (Wildman–Crippen LogP) is 3.71. The lowest BCUT2D eigenvalue weighted by atomic mass is 10.1. The molecule has 1 aliphatic rings. The molecule has 7 nitrogen and oxygen atoms in total. The highest BCUT2D eigenvalue weighted by Crippen LogP contribution is 2.35. The van der Waals surface area contributed by atoms with E-state index in [1.54, 1.807) is 18.2 Å². The second-order valence-electron chi connectivity index (χ2n) is 6.67. The van der Waals surface area contributed by atoms with Crippen molar-refractivity contribution in [2.24, 2.45) is 0 Å². The molecule has 2 aromatic carbocycles. The van der Waals surface area contributed by atoms with Crippen molar-refractivity contribution in [3.63, 3.8) is 0 Å². The summed E-state index contributed by atoms with van der Waals surface area (Å²) in [7, 11) is 0. The minimum Gasteiger partial charge on any atom is -0.371 e. The van der Waals surface area contributed by atoms with Crippen LogP contribution < -0.4 is 10.2 Å². The number of carbonyl (C=O) groups excluding carboxylic acids is 1. The number of ether oxygens (including phenoxy) is 1. The summed E-state index contributed by atoms with van der Waals surface area (Å²) < 4.78 is 20.6. The molecule has 0 bridgehead atoms. The molecule has 30 heavy (non-hydrogen) atoms. The number of hydrogen-bond acceptors (Lipinski definition) is 5. The molecule has 1 atom stereocenters. The molecule has 0 saturated carbocycles. The van der Waals surface area contributed by atoms with Crippen molar-refractivity contribution in [2.45, 2.75) is 6.10 Å². The summed E-state index contributed by atoms with van der Waals surface area (Å²) in [6.45, 7) is 1.97. The maximum atomic E-state index is 14.8. The molecule has 0 aliphatic carbocycles. The molecule has 9 heteroatoms. The first-order chi connectivity index (χ1) is 14.6. The SMILES string of the molecule is N#Cc1ccc(N(C(=O)c2cn[nH]c2)c2ccc([C@H]3CNCCO3)c(Cl)c2)c(F)c1. The normalized spacial score (nSPS) is 16.1. The van der Waals surface area contributed by atoms with Crippen LogP contribution in [-0.4, -0.2) is 35.8 Å². The van der Waals surface area contributed by atoms with Gasteiger partial charge in [0.15, 0.2) is 0 Å². The fourth-order valence-corrected chi connectivity index (χ4v) is 3.60. The number of benzene rings is 2. The molecule has 1 saturated heterocycles. The van der Waals surface area contributed by atoms with E-state index in [4.69, 9.17) is 21.6 Å². The Morgan fingerprint density at radius 1 is 1.33 bits per heavy atom. The highest BCUT2D eigenvalue weighted by Gasteiger charge is 2.26. The average molecular weight is 426 g/mol. The Kier molecular flexibility index (Phi) is 5.77. The maximum absolute atomic E-state index is 14.8. The largest absolute Gasteiger partial charge is 0.371 e. The number of halogens is 2. The summed E-state index contributed by atoms with van der Waals surface area (Å²) in [5.41, 5.74) is 1.56. The zero-order chi connectivity index (χ0) is 21.1. The number of morpholine rings is 1. The second-order valence-corrected chi connectivity index (χ2v) is 7.08. The third-order valence-corrected chi connectivity index (χ3v) is 5.11. The number of hydrogen-bond donors (Lipinski definition) is 2. The third kappa shape index (κ3) is 3.91. The predicted molar refractivity (Wildman–Crippen MR) is 109 cm³/mol. The van der Waals surface area contributed by atoms with Gasteiger partial charge in [-0.25, -0.2) is 4.39 Å². The Balaban J connectivity index is 1.77. The number of H-pyrrole nitrogens is 1. The minimum absolute atomic E-state index is 0.000371. The van der Waals surface area contributed by atoms with E-state index in [0.29, 0.717) is 23.9 Å². The number of amides is 1. The number of anilines is 2. The Bertz CT molecular complexity index is 1110. The van der Waals surface area contributed by atoms with Crippen LogP contribution in [0.3, 0.4) is 0 Å². The summed E-state index contributed by atoms with van der Waals surface area (Å²) in [4.78, 5) is 14.4. The van der Waals surface area contributed by atoms with Gasteiger partial charge in [-0.05, 0) is 30.3 Å². The third-order valence-electron chi connectivity index (χ3n) is 4.78. The molecule has 0 radical (unpaired) electrons. The highest BCUT2D eigenvalue weighted by molar-refractivity contribution is 6.32. The standard InChI is InChI=1S/C21H17ClFN5O2/c22-17-8-15(2-3-16(17)20-12-25-5-6-30-20)28(21(29)14-10-26-27-11-14)19-4-1-13(9-24)7-18(19)23/h1-4,7-8,10-11,20,25H,5-6,12H2,(H,26,27)/t20-/m1/s1. The van der Waals surface area contributed by atoms with Crippen LogP contribution in [0.5, 0.6) is 0 Å². The molecule has 0 spiro atoms. The fourth-order valence-electron chi connectivity index (χ4n) is 3.30. The van der Waals surface area contributed by atoms with Crippen LogP contribution in [0.1, 0.15) is 27.6 Å². The molecule has 3 aromatic rings. The Labute approximate surface area is 177 Å². The van der Waals surface area contributed by atoms with Crippen molar-refractivity contribution in [1.82, 2.24) is 15.5 Å². The van der Waals surface area contributed by atoms with Gasteiger partial charge in [-0.3, -0.25) is 14.8 Å². The van der Waals surface area contributed by atoms with E-state index in [9.17, 15) is 9.18 Å². The van der Waals surface area contributed by atoms with E-state index in [1.165, 1.54) is 29.4 Å². The van der Waals surface area contributed by atoms with Gasteiger partial charge in [0.1, 0.15) is 5.82 Å². The summed E-state index contributed by atoms with van der Waals surface area (Å²) >= 11 is 6.51. The zero-order valence-corrected chi connectivity index (χ0v) is 16.5. The molecule has 4 rings (SSSR count). The van der Waals surface area contributed by atoms with Crippen LogP contribution in [0, 0.1) is 17.1 Å². The highest BCUT2D eigenvalue weighted by atomic mass is 35.5. The number of nitrogens with zero attached hydrogens (tertiary/aromatic N) is 3. The van der Waals surface area contributed by atoms with Crippen molar-refractivity contribution < 1.29 is 13.9 Å². The van der Waals surface area contributed by atoms with E-state index in [-0.39, 0.29) is 22.9 Å². The molecule has 1 aliphatic heterocycles. The van der Waals surface area contributed by atoms with Gasteiger partial charge in [-0.2, -0.15) is 10.4 Å². The van der Waals surface area contributed by atoms with Gasteiger partial charge in [0.05, 0.1) is 47.5 Å². The number of nitriles is 1. The van der Waals surface area contributed by atoms with Gasteiger partial charge in [0.25, 0.3) is 5.91 Å². The Morgan fingerprint density at radius 2 is 2.20 bits per heavy atom. The minimum atomic E-state index is -0.703. The molecule has 0 unspecified atom stereocenters. The quantitative estimate of drug-likeness (QED) is 0.664. The van der Waals surface area contributed by atoms with Crippen LogP contribution >= 0.6 is 11.6 Å². The molecule has 1 amide bonds. The lowest BCUT2D eigenvalue weighted by Gasteiger charge is -2.27. The lowest BCUT2D eigenvalue weighted by Crippen LogP contribution is -2.33. The Morgan fingerprint density at radius 3 is 2.83 bits per heavy atom. The number of aromatic amines is 1. The van der Waals surface area contributed by atoms with E-state index >= 15 is 0 Å². The topological polar surface area (TPSA) is 94.0 Å². The smallest absolute Gasteiger partial charge is 0.266 e. The summed E-state index contributed by atoms with van der Waals surface area (Å²) in [5, 5.41) is 19.0. The Hall–Kier alpha value is -3.25. The number of rotatable bonds is 4. The molecule has 1 aromatic heterocycles. The van der Waals surface area contributed by atoms with Crippen LogP contribution in [0.2, 0.25) is 5.02 Å². The van der Waals surface area contributed by atoms with Crippen LogP contribution in [0.4, 0.5) is 15.8 Å². The fraction of sp³-hybridized carbons (Fsp3) is 0.190. The average Bonchev–Trinajstić information content (AvgIpc) is 3.30. The maximum Gasteiger partial charge on any atom is 0.266 e. The van der Waals surface area contributed by atoms with Gasteiger partial charge in [-0.1, -0.05) is 17.7 Å². The monoisotopic (exact) mass is 425 g/mol. The van der Waals surface area contributed by atoms with Crippen LogP contribution in [0.15, 0.2) is 48.8 Å². The van der Waals surface area contributed by atoms with Crippen LogP contribution in [0.25, 0.3) is 0 Å². The molecular formula is C21H17ClFN5O2. The lowest BCUT2D eigenvalue weighted by molar-refractivity contribution is 0.0278. The van der Waals surface area contributed by atoms with E-state index in [2.05, 4.69) is 15.5 Å². The molecule has 2 N–H and O–H groups in total. The van der Waals surface area contributed by atoms with Crippen LogP contribution in [-0.2, 0) is 4.74 Å². The van der Waals surface area contributed by atoms with Gasteiger partial charge in [-0.15, -0.1) is 0 Å². The van der Waals surface area contributed by atoms with Crippen molar-refractivity contribution >= 4 is 28.9 Å². The molecular weight excluding hydrogens is 409 g/mol. The van der Waals surface area contributed by atoms with E-state index in [0.717, 1.165) is 18.2 Å². The van der Waals surface area contributed by atoms with Crippen molar-refractivity contribution in [3.8, 4) is 6.07 Å². The number of aromatic nitrogens is 2. The van der Waals surface area contributed by atoms with Gasteiger partial charge < -0.3 is 10.1 Å². The second kappa shape index (κ2) is 8.63. The van der Waals surface area contributed by atoms with Gasteiger partial charge in [0, 0.05) is 29.9 Å². The first-order valence-electron chi connectivity index (χ1n) is 9.23. The van der Waals surface area contributed by atoms with Crippen molar-refractivity contribution in [3.05, 3.63) is 76.3 Å². The first-order valence-corrected chi connectivity index (χ1v) is 9.61. The summed E-state index contributed by atoms with van der Waals surface area (Å²) in [5.74, 6) is -1.20. The number of nitrogens with one attached hydrogen (secondary N) is 2. The van der Waals surface area contributed by atoms with Gasteiger partial charge >= 0.3 is 0 Å². The molecule has 152 valence electrons. The van der Waals surface area contributed by atoms with E-state index < -0.39 is 11.7 Å². The molecule has 1 fully saturated rings.